The van der Waals surface area contributed by atoms with E-state index in [-0.39, 0.29) is 6.04 Å². The molecular weight excluding hydrogens is 252 g/mol. The molecular formula is C14H22N6. The summed E-state index contributed by atoms with van der Waals surface area (Å²) in [5.41, 5.74) is 1.09. The minimum absolute atomic E-state index is 0.166. The number of nitrogens with one attached hydrogen (secondary N) is 1. The third-order valence-corrected chi connectivity index (χ3v) is 4.09. The fraction of sp³-hybridized carbons (Fsp3) is 0.643. The fourth-order valence-corrected chi connectivity index (χ4v) is 2.88. The van der Waals surface area contributed by atoms with Crippen LogP contribution < -0.4 is 5.32 Å². The van der Waals surface area contributed by atoms with E-state index in [2.05, 4.69) is 44.5 Å². The van der Waals surface area contributed by atoms with E-state index in [1.807, 2.05) is 11.6 Å². The zero-order valence-corrected chi connectivity index (χ0v) is 12.2. The summed E-state index contributed by atoms with van der Waals surface area (Å²) in [5, 5.41) is 16.2. The van der Waals surface area contributed by atoms with Gasteiger partial charge in [0.25, 0.3) is 0 Å². The largest absolute Gasteiger partial charge is 0.319 e. The molecule has 1 aliphatic rings. The van der Waals surface area contributed by atoms with Crippen LogP contribution in [-0.4, -0.2) is 24.5 Å². The van der Waals surface area contributed by atoms with Gasteiger partial charge in [-0.3, -0.25) is 4.68 Å². The van der Waals surface area contributed by atoms with Crippen molar-refractivity contribution in [2.75, 3.05) is 0 Å². The van der Waals surface area contributed by atoms with Crippen LogP contribution in [0.5, 0.6) is 0 Å². The van der Waals surface area contributed by atoms with E-state index in [0.717, 1.165) is 18.1 Å². The molecule has 20 heavy (non-hydrogen) atoms. The van der Waals surface area contributed by atoms with Gasteiger partial charge in [0.05, 0.1) is 17.8 Å². The number of aryl methyl sites for hydroxylation is 1. The highest BCUT2D eigenvalue weighted by Crippen LogP contribution is 2.28. The maximum atomic E-state index is 4.68. The second-order valence-corrected chi connectivity index (χ2v) is 5.63. The van der Waals surface area contributed by atoms with Crippen molar-refractivity contribution >= 4 is 0 Å². The van der Waals surface area contributed by atoms with Crippen molar-refractivity contribution in [3.05, 3.63) is 30.1 Å². The molecule has 3 rings (SSSR count). The molecule has 6 heteroatoms. The Kier molecular flexibility index (Phi) is 3.82. The molecule has 2 aromatic rings. The Bertz CT molecular complexity index is 552. The second-order valence-electron chi connectivity index (χ2n) is 5.63. The quantitative estimate of drug-likeness (QED) is 0.905. The van der Waals surface area contributed by atoms with Crippen LogP contribution in [0.2, 0.25) is 0 Å². The summed E-state index contributed by atoms with van der Waals surface area (Å²) in [6.07, 6.45) is 9.04. The van der Waals surface area contributed by atoms with Gasteiger partial charge >= 0.3 is 0 Å². The summed E-state index contributed by atoms with van der Waals surface area (Å²) >= 11 is 0. The molecule has 0 radical (unpaired) electrons. The van der Waals surface area contributed by atoms with Gasteiger partial charge in [0.15, 0.2) is 0 Å². The number of hydrogen-bond donors (Lipinski definition) is 1. The third-order valence-electron chi connectivity index (χ3n) is 4.09. The SMILES string of the molecule is CC(NCc1ccn(C2CCCC2)n1)c1nncn1C. The number of rotatable bonds is 5. The summed E-state index contributed by atoms with van der Waals surface area (Å²) in [7, 11) is 1.96. The standard InChI is InChI=1S/C14H22N6/c1-11(14-17-16-10-19(14)2)15-9-12-7-8-20(18-12)13-5-3-4-6-13/h7-8,10-11,13,15H,3-6,9H2,1-2H3. The van der Waals surface area contributed by atoms with Crippen LogP contribution in [0.1, 0.15) is 56.2 Å². The zero-order valence-electron chi connectivity index (χ0n) is 12.2. The molecule has 0 aliphatic heterocycles. The van der Waals surface area contributed by atoms with Crippen molar-refractivity contribution < 1.29 is 0 Å². The number of nitrogens with zero attached hydrogens (tertiary/aromatic N) is 5. The molecule has 0 saturated heterocycles. The lowest BCUT2D eigenvalue weighted by molar-refractivity contribution is 0.456. The summed E-state index contributed by atoms with van der Waals surface area (Å²) in [5.74, 6) is 0.945. The molecule has 1 aliphatic carbocycles. The zero-order chi connectivity index (χ0) is 13.9. The summed E-state index contributed by atoms with van der Waals surface area (Å²) in [6, 6.07) is 2.88. The highest BCUT2D eigenvalue weighted by atomic mass is 15.3. The van der Waals surface area contributed by atoms with Gasteiger partial charge < -0.3 is 9.88 Å². The van der Waals surface area contributed by atoms with Crippen LogP contribution in [0.4, 0.5) is 0 Å². The predicted molar refractivity (Wildman–Crippen MR) is 76.0 cm³/mol. The van der Waals surface area contributed by atoms with Crippen molar-refractivity contribution in [1.29, 1.82) is 0 Å². The maximum absolute atomic E-state index is 4.68. The maximum Gasteiger partial charge on any atom is 0.149 e. The van der Waals surface area contributed by atoms with Crippen LogP contribution in [0.15, 0.2) is 18.6 Å². The van der Waals surface area contributed by atoms with Gasteiger partial charge in [-0.15, -0.1) is 10.2 Å². The first kappa shape index (κ1) is 13.3. The van der Waals surface area contributed by atoms with Crippen LogP contribution in [-0.2, 0) is 13.6 Å². The summed E-state index contributed by atoms with van der Waals surface area (Å²) < 4.78 is 4.08. The Morgan fingerprint density at radius 1 is 1.40 bits per heavy atom. The Labute approximate surface area is 119 Å². The molecule has 0 amide bonds. The van der Waals surface area contributed by atoms with Gasteiger partial charge in [-0.25, -0.2) is 0 Å². The molecule has 0 aromatic carbocycles. The van der Waals surface area contributed by atoms with E-state index < -0.39 is 0 Å². The first-order valence-electron chi connectivity index (χ1n) is 7.35. The molecule has 2 aromatic heterocycles. The van der Waals surface area contributed by atoms with E-state index in [0.29, 0.717) is 6.04 Å². The highest BCUT2D eigenvalue weighted by molar-refractivity contribution is 5.01. The van der Waals surface area contributed by atoms with Gasteiger partial charge in [0.2, 0.25) is 0 Å². The average Bonchev–Trinajstić information content (AvgIpc) is 3.16. The Hall–Kier alpha value is -1.69. The molecule has 108 valence electrons. The predicted octanol–water partition coefficient (Wildman–Crippen LogP) is 1.98. The van der Waals surface area contributed by atoms with Gasteiger partial charge in [-0.05, 0) is 25.8 Å². The van der Waals surface area contributed by atoms with Crippen molar-refractivity contribution in [1.82, 2.24) is 29.9 Å². The lowest BCUT2D eigenvalue weighted by Gasteiger charge is -2.12. The first-order valence-corrected chi connectivity index (χ1v) is 7.35. The van der Waals surface area contributed by atoms with E-state index in [4.69, 9.17) is 0 Å². The van der Waals surface area contributed by atoms with E-state index in [1.165, 1.54) is 25.7 Å². The molecule has 1 N–H and O–H groups in total. The number of hydrogen-bond acceptors (Lipinski definition) is 4. The third kappa shape index (κ3) is 2.75. The van der Waals surface area contributed by atoms with Crippen LogP contribution in [0, 0.1) is 0 Å². The molecule has 6 nitrogen and oxygen atoms in total. The van der Waals surface area contributed by atoms with Gasteiger partial charge in [-0.2, -0.15) is 5.10 Å². The van der Waals surface area contributed by atoms with Crippen molar-refractivity contribution in [3.63, 3.8) is 0 Å². The molecule has 0 bridgehead atoms. The smallest absolute Gasteiger partial charge is 0.149 e. The highest BCUT2D eigenvalue weighted by Gasteiger charge is 2.17. The molecule has 1 atom stereocenters. The van der Waals surface area contributed by atoms with Crippen molar-refractivity contribution in [2.24, 2.45) is 7.05 Å². The van der Waals surface area contributed by atoms with Crippen molar-refractivity contribution in [3.8, 4) is 0 Å². The monoisotopic (exact) mass is 274 g/mol. The second kappa shape index (κ2) is 5.75. The first-order chi connectivity index (χ1) is 9.74. The van der Waals surface area contributed by atoms with Gasteiger partial charge in [0.1, 0.15) is 12.2 Å². The molecule has 0 spiro atoms. The molecule has 2 heterocycles. The van der Waals surface area contributed by atoms with E-state index in [1.54, 1.807) is 6.33 Å². The lowest BCUT2D eigenvalue weighted by Crippen LogP contribution is -2.21. The minimum atomic E-state index is 0.166. The van der Waals surface area contributed by atoms with E-state index in [9.17, 15) is 0 Å². The van der Waals surface area contributed by atoms with Gasteiger partial charge in [0, 0.05) is 19.8 Å². The molecule has 1 fully saturated rings. The van der Waals surface area contributed by atoms with Crippen LogP contribution in [0.3, 0.4) is 0 Å². The molecule has 1 saturated carbocycles. The Morgan fingerprint density at radius 2 is 2.20 bits per heavy atom. The van der Waals surface area contributed by atoms with Crippen LogP contribution >= 0.6 is 0 Å². The summed E-state index contributed by atoms with van der Waals surface area (Å²) in [4.78, 5) is 0. The fourth-order valence-electron chi connectivity index (χ4n) is 2.88. The molecule has 1 unspecified atom stereocenters. The topological polar surface area (TPSA) is 60.6 Å². The Balaban J connectivity index is 1.57. The minimum Gasteiger partial charge on any atom is -0.319 e. The van der Waals surface area contributed by atoms with E-state index >= 15 is 0 Å². The average molecular weight is 274 g/mol. The normalized spacial score (nSPS) is 17.7. The summed E-state index contributed by atoms with van der Waals surface area (Å²) in [6.45, 7) is 2.85. The Morgan fingerprint density at radius 3 is 2.90 bits per heavy atom. The number of aromatic nitrogens is 5. The van der Waals surface area contributed by atoms with Crippen LogP contribution in [0.25, 0.3) is 0 Å². The van der Waals surface area contributed by atoms with Crippen molar-refractivity contribution in [2.45, 2.75) is 51.2 Å². The lowest BCUT2D eigenvalue weighted by atomic mass is 10.3. The van der Waals surface area contributed by atoms with Gasteiger partial charge in [-0.1, -0.05) is 12.8 Å².